The van der Waals surface area contributed by atoms with Crippen molar-refractivity contribution >= 4 is 23.9 Å². The van der Waals surface area contributed by atoms with Crippen LogP contribution in [-0.2, 0) is 19.2 Å². The maximum Gasteiger partial charge on any atom is 0.404 e. The van der Waals surface area contributed by atoms with Crippen LogP contribution < -0.4 is 5.32 Å². The van der Waals surface area contributed by atoms with Crippen molar-refractivity contribution in [3.63, 3.8) is 0 Å². The monoisotopic (exact) mass is 244 g/mol. The summed E-state index contributed by atoms with van der Waals surface area (Å²) < 4.78 is 0. The summed E-state index contributed by atoms with van der Waals surface area (Å²) in [7, 11) is 0. The Hall–Kier alpha value is -2.12. The largest absolute Gasteiger partial charge is 0.465 e. The number of hydrogen-bond acceptors (Lipinski definition) is 5. The number of nitrogens with zero attached hydrogens (tertiary/aromatic N) is 1. The summed E-state index contributed by atoms with van der Waals surface area (Å²) in [5, 5.41) is 10.8. The minimum Gasteiger partial charge on any atom is -0.465 e. The number of carbonyl (C=O) groups excluding carboxylic acids is 3. The van der Waals surface area contributed by atoms with Crippen molar-refractivity contribution in [1.82, 2.24) is 10.4 Å². The van der Waals surface area contributed by atoms with E-state index >= 15 is 0 Å². The molecule has 0 atom stereocenters. The Bertz CT molecular complexity index is 337. The van der Waals surface area contributed by atoms with Gasteiger partial charge in [-0.05, 0) is 6.42 Å². The zero-order valence-corrected chi connectivity index (χ0v) is 8.97. The molecule has 1 fully saturated rings. The molecule has 94 valence electrons. The lowest BCUT2D eigenvalue weighted by atomic mass is 10.3. The predicted molar refractivity (Wildman–Crippen MR) is 52.4 cm³/mol. The van der Waals surface area contributed by atoms with Crippen LogP contribution in [0.5, 0.6) is 0 Å². The summed E-state index contributed by atoms with van der Waals surface area (Å²) in [6.07, 6.45) is -0.916. The Morgan fingerprint density at radius 2 is 1.88 bits per heavy atom. The zero-order valence-electron chi connectivity index (χ0n) is 8.97. The van der Waals surface area contributed by atoms with Gasteiger partial charge < -0.3 is 15.3 Å². The molecule has 0 spiro atoms. The van der Waals surface area contributed by atoms with Crippen LogP contribution in [0.4, 0.5) is 4.79 Å². The summed E-state index contributed by atoms with van der Waals surface area (Å²) in [6, 6.07) is 0. The fourth-order valence-electron chi connectivity index (χ4n) is 1.23. The molecule has 0 aromatic rings. The Balaban J connectivity index is 2.23. The minimum atomic E-state index is -1.18. The number of imide groups is 1. The van der Waals surface area contributed by atoms with Crippen molar-refractivity contribution < 1.29 is 29.1 Å². The van der Waals surface area contributed by atoms with E-state index in [0.717, 1.165) is 0 Å². The van der Waals surface area contributed by atoms with Gasteiger partial charge in [-0.3, -0.25) is 9.59 Å². The molecule has 17 heavy (non-hydrogen) atoms. The van der Waals surface area contributed by atoms with Crippen LogP contribution in [0.25, 0.3) is 0 Å². The molecule has 0 bridgehead atoms. The smallest absolute Gasteiger partial charge is 0.404 e. The molecule has 2 N–H and O–H groups in total. The highest BCUT2D eigenvalue weighted by molar-refractivity contribution is 6.01. The van der Waals surface area contributed by atoms with E-state index in [9.17, 15) is 19.2 Å². The fraction of sp³-hybridized carbons (Fsp3) is 0.556. The summed E-state index contributed by atoms with van der Waals surface area (Å²) in [5.74, 6) is -1.81. The van der Waals surface area contributed by atoms with Gasteiger partial charge >= 0.3 is 12.1 Å². The number of hydrogen-bond donors (Lipinski definition) is 2. The highest BCUT2D eigenvalue weighted by Gasteiger charge is 2.32. The van der Waals surface area contributed by atoms with E-state index in [-0.39, 0.29) is 32.2 Å². The third-order valence-electron chi connectivity index (χ3n) is 2.03. The molecule has 1 aliphatic heterocycles. The molecule has 0 unspecified atom stereocenters. The quantitative estimate of drug-likeness (QED) is 0.504. The first kappa shape index (κ1) is 12.9. The third-order valence-corrected chi connectivity index (χ3v) is 2.03. The molecular formula is C9H12N2O6. The number of hydroxylamine groups is 2. The van der Waals surface area contributed by atoms with Crippen molar-refractivity contribution in [2.24, 2.45) is 0 Å². The van der Waals surface area contributed by atoms with Gasteiger partial charge in [0.15, 0.2) is 0 Å². The first-order valence-corrected chi connectivity index (χ1v) is 5.04. The normalized spacial score (nSPS) is 14.9. The van der Waals surface area contributed by atoms with E-state index in [2.05, 4.69) is 10.2 Å². The summed E-state index contributed by atoms with van der Waals surface area (Å²) in [5.41, 5.74) is 0. The molecule has 8 heteroatoms. The van der Waals surface area contributed by atoms with Crippen LogP contribution >= 0.6 is 0 Å². The molecule has 1 heterocycles. The molecule has 1 aliphatic rings. The van der Waals surface area contributed by atoms with Crippen molar-refractivity contribution in [3.05, 3.63) is 0 Å². The van der Waals surface area contributed by atoms with Crippen LogP contribution in [0.2, 0.25) is 0 Å². The second-order valence-electron chi connectivity index (χ2n) is 3.38. The van der Waals surface area contributed by atoms with Gasteiger partial charge in [-0.15, -0.1) is 5.06 Å². The van der Waals surface area contributed by atoms with Crippen molar-refractivity contribution in [2.75, 3.05) is 6.54 Å². The van der Waals surface area contributed by atoms with Crippen molar-refractivity contribution in [1.29, 1.82) is 0 Å². The van der Waals surface area contributed by atoms with Crippen LogP contribution in [-0.4, -0.2) is 40.6 Å². The van der Waals surface area contributed by atoms with E-state index in [1.165, 1.54) is 0 Å². The number of amides is 3. The average molecular weight is 244 g/mol. The van der Waals surface area contributed by atoms with Gasteiger partial charge in [0.2, 0.25) is 0 Å². The molecule has 0 radical (unpaired) electrons. The van der Waals surface area contributed by atoms with E-state index in [1.54, 1.807) is 0 Å². The number of carbonyl (C=O) groups is 4. The van der Waals surface area contributed by atoms with Crippen LogP contribution in [0.1, 0.15) is 25.7 Å². The van der Waals surface area contributed by atoms with Gasteiger partial charge in [-0.1, -0.05) is 0 Å². The SMILES string of the molecule is O=C(O)NCCCC(=O)ON1C(=O)CCC1=O. The Morgan fingerprint density at radius 1 is 1.29 bits per heavy atom. The Morgan fingerprint density at radius 3 is 2.41 bits per heavy atom. The number of rotatable bonds is 5. The lowest BCUT2D eigenvalue weighted by Gasteiger charge is -2.12. The van der Waals surface area contributed by atoms with E-state index < -0.39 is 23.9 Å². The van der Waals surface area contributed by atoms with Gasteiger partial charge in [0.05, 0.1) is 0 Å². The first-order chi connectivity index (χ1) is 8.00. The second-order valence-corrected chi connectivity index (χ2v) is 3.38. The highest BCUT2D eigenvalue weighted by Crippen LogP contribution is 2.12. The lowest BCUT2D eigenvalue weighted by molar-refractivity contribution is -0.197. The minimum absolute atomic E-state index is 0.0483. The average Bonchev–Trinajstić information content (AvgIpc) is 2.56. The van der Waals surface area contributed by atoms with Crippen LogP contribution in [0.3, 0.4) is 0 Å². The van der Waals surface area contributed by atoms with E-state index in [1.807, 2.05) is 0 Å². The van der Waals surface area contributed by atoms with Gasteiger partial charge in [-0.25, -0.2) is 9.59 Å². The standard InChI is InChI=1S/C9H12N2O6/c12-6-3-4-7(13)11(6)17-8(14)2-1-5-10-9(15)16/h10H,1-5H2,(H,15,16). The van der Waals surface area contributed by atoms with Crippen LogP contribution in [0.15, 0.2) is 0 Å². The van der Waals surface area contributed by atoms with E-state index in [4.69, 9.17) is 5.11 Å². The molecular weight excluding hydrogens is 232 g/mol. The number of carboxylic acid groups (broad SMARTS) is 1. The molecule has 0 aromatic carbocycles. The fourth-order valence-corrected chi connectivity index (χ4v) is 1.23. The molecule has 0 saturated carbocycles. The Kier molecular flexibility index (Phi) is 4.44. The predicted octanol–water partition coefficient (Wildman–Crippen LogP) is -0.359. The second kappa shape index (κ2) is 5.83. The van der Waals surface area contributed by atoms with Gasteiger partial charge in [0, 0.05) is 25.8 Å². The third kappa shape index (κ3) is 4.09. The molecule has 0 aromatic heterocycles. The van der Waals surface area contributed by atoms with Gasteiger partial charge in [0.1, 0.15) is 0 Å². The van der Waals surface area contributed by atoms with Gasteiger partial charge in [-0.2, -0.15) is 0 Å². The lowest BCUT2D eigenvalue weighted by Crippen LogP contribution is -2.32. The summed E-state index contributed by atoms with van der Waals surface area (Å²) >= 11 is 0. The van der Waals surface area contributed by atoms with Crippen molar-refractivity contribution in [2.45, 2.75) is 25.7 Å². The Labute approximate surface area is 96.5 Å². The maximum atomic E-state index is 11.2. The van der Waals surface area contributed by atoms with Gasteiger partial charge in [0.25, 0.3) is 11.8 Å². The maximum absolute atomic E-state index is 11.2. The molecule has 0 aliphatic carbocycles. The van der Waals surface area contributed by atoms with Crippen LogP contribution in [0, 0.1) is 0 Å². The topological polar surface area (TPSA) is 113 Å². The first-order valence-electron chi connectivity index (χ1n) is 5.04. The highest BCUT2D eigenvalue weighted by atomic mass is 16.7. The number of nitrogens with one attached hydrogen (secondary N) is 1. The molecule has 3 amide bonds. The van der Waals surface area contributed by atoms with Crippen molar-refractivity contribution in [3.8, 4) is 0 Å². The summed E-state index contributed by atoms with van der Waals surface area (Å²) in [4.78, 5) is 48.0. The summed E-state index contributed by atoms with van der Waals surface area (Å²) in [6.45, 7) is 0.103. The molecule has 8 nitrogen and oxygen atoms in total. The van der Waals surface area contributed by atoms with E-state index in [0.29, 0.717) is 5.06 Å². The zero-order chi connectivity index (χ0) is 12.8. The molecule has 1 rings (SSSR count). The molecule has 1 saturated heterocycles.